The van der Waals surface area contributed by atoms with E-state index in [9.17, 15) is 16.8 Å². The molecule has 0 aliphatic carbocycles. The third-order valence-electron chi connectivity index (χ3n) is 4.46. The lowest BCUT2D eigenvalue weighted by Crippen LogP contribution is -2.23. The Morgan fingerprint density at radius 2 is 1.81 bits per heavy atom. The number of benzene rings is 2. The molecule has 2 aromatic carbocycles. The van der Waals surface area contributed by atoms with Crippen LogP contribution in [-0.2, 0) is 26.5 Å². The number of rotatable bonds is 6. The van der Waals surface area contributed by atoms with Crippen molar-refractivity contribution in [3.05, 3.63) is 29.8 Å². The fraction of sp³-hybridized carbons (Fsp3) is 0.133. The van der Waals surface area contributed by atoms with Crippen molar-refractivity contribution in [1.29, 1.82) is 0 Å². The van der Waals surface area contributed by atoms with Crippen LogP contribution in [0, 0.1) is 0 Å². The SMILES string of the molecule is NCCc1cc(S(N)(=O)=O)c(S(N)(=O)=O)c(-c2nn[nH]n2)c1-c1cccc2nonc12. The number of H-pyrrole nitrogens is 1. The molecule has 0 spiro atoms. The molecule has 0 atom stereocenters. The molecule has 0 amide bonds. The first-order valence-electron chi connectivity index (χ1n) is 8.54. The first kappa shape index (κ1) is 20.9. The van der Waals surface area contributed by atoms with Crippen molar-refractivity contribution in [1.82, 2.24) is 30.9 Å². The Hall–Kier alpha value is -3.31. The zero-order chi connectivity index (χ0) is 22.4. The van der Waals surface area contributed by atoms with E-state index in [1.165, 1.54) is 0 Å². The molecule has 0 aliphatic heterocycles. The van der Waals surface area contributed by atoms with E-state index < -0.39 is 29.8 Å². The predicted octanol–water partition coefficient (Wildman–Crippen LogP) is -1.13. The van der Waals surface area contributed by atoms with Gasteiger partial charge in [0.2, 0.25) is 25.9 Å². The van der Waals surface area contributed by atoms with Crippen molar-refractivity contribution in [3.8, 4) is 22.5 Å². The van der Waals surface area contributed by atoms with E-state index in [4.69, 9.17) is 20.6 Å². The number of nitrogens with one attached hydrogen (secondary N) is 1. The van der Waals surface area contributed by atoms with Gasteiger partial charge in [-0.2, -0.15) is 5.21 Å². The van der Waals surface area contributed by atoms with Crippen molar-refractivity contribution < 1.29 is 21.5 Å². The van der Waals surface area contributed by atoms with Gasteiger partial charge in [-0.15, -0.1) is 10.2 Å². The predicted molar refractivity (Wildman–Crippen MR) is 106 cm³/mol. The summed E-state index contributed by atoms with van der Waals surface area (Å²) in [6.07, 6.45) is 0.148. The molecule has 0 aliphatic rings. The van der Waals surface area contributed by atoms with Gasteiger partial charge in [0.25, 0.3) is 0 Å². The number of aromatic nitrogens is 6. The minimum Gasteiger partial charge on any atom is -0.330 e. The molecule has 162 valence electrons. The highest BCUT2D eigenvalue weighted by molar-refractivity contribution is 7.92. The first-order valence-corrected chi connectivity index (χ1v) is 11.6. The van der Waals surface area contributed by atoms with E-state index in [1.807, 2.05) is 0 Å². The van der Waals surface area contributed by atoms with E-state index >= 15 is 0 Å². The Kier molecular flexibility index (Phi) is 5.02. The van der Waals surface area contributed by atoms with Crippen LogP contribution < -0.4 is 16.0 Å². The number of hydrogen-bond acceptors (Lipinski definition) is 11. The van der Waals surface area contributed by atoms with Crippen molar-refractivity contribution in [3.63, 3.8) is 0 Å². The smallest absolute Gasteiger partial charge is 0.240 e. The fourth-order valence-electron chi connectivity index (χ4n) is 3.34. The van der Waals surface area contributed by atoms with Gasteiger partial charge in [-0.1, -0.05) is 12.1 Å². The lowest BCUT2D eigenvalue weighted by molar-refractivity contribution is 0.315. The minimum absolute atomic E-state index is 0.102. The van der Waals surface area contributed by atoms with Gasteiger partial charge < -0.3 is 5.73 Å². The Balaban J connectivity index is 2.30. The molecule has 16 heteroatoms. The van der Waals surface area contributed by atoms with Gasteiger partial charge in [0, 0.05) is 5.56 Å². The summed E-state index contributed by atoms with van der Waals surface area (Å²) in [4.78, 5) is -1.49. The maximum Gasteiger partial charge on any atom is 0.240 e. The van der Waals surface area contributed by atoms with Gasteiger partial charge in [0.15, 0.2) is 0 Å². The van der Waals surface area contributed by atoms with Crippen molar-refractivity contribution >= 4 is 31.1 Å². The van der Waals surface area contributed by atoms with E-state index in [1.54, 1.807) is 18.2 Å². The standard InChI is InChI=1S/C15H15N9O5S2/c16-5-4-7-6-10(30(17,25)26)14(31(18,27)28)12(15-19-23-24-20-15)11(7)8-2-1-3-9-13(8)22-29-21-9/h1-3,6H,4-5,16H2,(H2,17,25,26)(H2,18,27,28)(H,19,20,23,24). The molecule has 0 bridgehead atoms. The monoisotopic (exact) mass is 465 g/mol. The zero-order valence-electron chi connectivity index (χ0n) is 15.5. The topological polar surface area (TPSA) is 240 Å². The summed E-state index contributed by atoms with van der Waals surface area (Å²) in [6, 6.07) is 6.01. The second-order valence-corrected chi connectivity index (χ2v) is 9.44. The summed E-state index contributed by atoms with van der Waals surface area (Å²) < 4.78 is 54.6. The van der Waals surface area contributed by atoms with Crippen LogP contribution in [0.2, 0.25) is 0 Å². The van der Waals surface area contributed by atoms with Crippen molar-refractivity contribution in [2.45, 2.75) is 16.2 Å². The molecule has 2 aromatic heterocycles. The molecule has 4 rings (SSSR count). The molecule has 31 heavy (non-hydrogen) atoms. The largest absolute Gasteiger partial charge is 0.330 e. The number of nitrogens with two attached hydrogens (primary N) is 3. The quantitative estimate of drug-likeness (QED) is 0.265. The van der Waals surface area contributed by atoms with Crippen molar-refractivity contribution in [2.75, 3.05) is 6.54 Å². The Morgan fingerprint density at radius 3 is 2.42 bits per heavy atom. The molecule has 2 heterocycles. The maximum atomic E-state index is 12.6. The summed E-state index contributed by atoms with van der Waals surface area (Å²) in [7, 11) is -9.18. The summed E-state index contributed by atoms with van der Waals surface area (Å²) in [5.41, 5.74) is 7.11. The minimum atomic E-state index is -4.65. The van der Waals surface area contributed by atoms with Gasteiger partial charge in [-0.25, -0.2) is 31.7 Å². The average Bonchev–Trinajstić information content (AvgIpc) is 3.37. The summed E-state index contributed by atoms with van der Waals surface area (Å²) >= 11 is 0. The van der Waals surface area contributed by atoms with E-state index in [0.29, 0.717) is 16.6 Å². The van der Waals surface area contributed by atoms with Gasteiger partial charge in [0.1, 0.15) is 20.8 Å². The highest BCUT2D eigenvalue weighted by Gasteiger charge is 2.33. The number of aromatic amines is 1. The second kappa shape index (κ2) is 7.43. The number of hydrogen-bond donors (Lipinski definition) is 4. The van der Waals surface area contributed by atoms with Gasteiger partial charge >= 0.3 is 0 Å². The van der Waals surface area contributed by atoms with Crippen LogP contribution in [-0.4, -0.2) is 54.3 Å². The summed E-state index contributed by atoms with van der Waals surface area (Å²) in [6.45, 7) is 0.102. The van der Waals surface area contributed by atoms with E-state index in [0.717, 1.165) is 6.07 Å². The fourth-order valence-corrected chi connectivity index (χ4v) is 5.52. The Morgan fingerprint density at radius 1 is 1.03 bits per heavy atom. The van der Waals surface area contributed by atoms with Crippen molar-refractivity contribution in [2.24, 2.45) is 16.0 Å². The van der Waals surface area contributed by atoms with Crippen LogP contribution in [0.1, 0.15) is 5.56 Å². The van der Waals surface area contributed by atoms with Gasteiger partial charge in [-0.05, 0) is 51.8 Å². The molecule has 0 saturated carbocycles. The van der Waals surface area contributed by atoms with Crippen LogP contribution >= 0.6 is 0 Å². The van der Waals surface area contributed by atoms with Gasteiger partial charge in [-0.3, -0.25) is 0 Å². The lowest BCUT2D eigenvalue weighted by Gasteiger charge is -2.19. The van der Waals surface area contributed by atoms with Crippen LogP contribution in [0.3, 0.4) is 0 Å². The third kappa shape index (κ3) is 3.66. The first-order chi connectivity index (χ1) is 14.6. The maximum absolute atomic E-state index is 12.6. The number of sulfonamides is 2. The molecule has 0 saturated heterocycles. The molecule has 0 unspecified atom stereocenters. The van der Waals surface area contributed by atoms with Crippen LogP contribution in [0.25, 0.3) is 33.5 Å². The number of nitrogens with zero attached hydrogens (tertiary/aromatic N) is 5. The highest BCUT2D eigenvalue weighted by atomic mass is 32.2. The number of fused-ring (bicyclic) bond motifs is 1. The molecule has 0 fully saturated rings. The van der Waals surface area contributed by atoms with Gasteiger partial charge in [0.05, 0.1) is 5.56 Å². The van der Waals surface area contributed by atoms with E-state index in [-0.39, 0.29) is 35.4 Å². The third-order valence-corrected chi connectivity index (χ3v) is 6.51. The average molecular weight is 465 g/mol. The molecule has 4 aromatic rings. The Labute approximate surface area is 174 Å². The zero-order valence-corrected chi connectivity index (χ0v) is 17.2. The summed E-state index contributed by atoms with van der Waals surface area (Å²) in [5.74, 6) is -0.226. The molecule has 7 N–H and O–H groups in total. The highest BCUT2D eigenvalue weighted by Crippen LogP contribution is 2.42. The van der Waals surface area contributed by atoms with E-state index in [2.05, 4.69) is 30.9 Å². The van der Waals surface area contributed by atoms with Crippen LogP contribution in [0.15, 0.2) is 38.7 Å². The summed E-state index contributed by atoms with van der Waals surface area (Å²) in [5, 5.41) is 31.8. The number of primary sulfonamides is 2. The van der Waals surface area contributed by atoms with Crippen LogP contribution in [0.5, 0.6) is 0 Å². The molecule has 14 nitrogen and oxygen atoms in total. The Bertz CT molecular complexity index is 1500. The normalized spacial score (nSPS) is 12.5. The molecule has 0 radical (unpaired) electrons. The number of tetrazole rings is 1. The molecular formula is C15H15N9O5S2. The lowest BCUT2D eigenvalue weighted by atomic mass is 9.91. The second-order valence-electron chi connectivity index (χ2n) is 6.41. The molecular weight excluding hydrogens is 450 g/mol. The van der Waals surface area contributed by atoms with Crippen LogP contribution in [0.4, 0.5) is 0 Å².